The van der Waals surface area contributed by atoms with Gasteiger partial charge in [-0.1, -0.05) is 0 Å². The van der Waals surface area contributed by atoms with Crippen LogP contribution in [-0.4, -0.2) is 10.8 Å². The molecule has 0 atom stereocenters. The second kappa shape index (κ2) is 3.88. The van der Waals surface area contributed by atoms with Crippen LogP contribution in [0, 0.1) is 6.92 Å². The third kappa shape index (κ3) is 1.89. The van der Waals surface area contributed by atoms with E-state index < -0.39 is 0 Å². The predicted molar refractivity (Wildman–Crippen MR) is 53.5 cm³/mol. The Balaban J connectivity index is 0.000000845. The molecule has 0 radical (unpaired) electrons. The van der Waals surface area contributed by atoms with E-state index in [0.29, 0.717) is 6.42 Å². The number of halogens is 1. The van der Waals surface area contributed by atoms with Crippen LogP contribution in [0.15, 0.2) is 12.1 Å². The quantitative estimate of drug-likeness (QED) is 0.639. The van der Waals surface area contributed by atoms with Crippen molar-refractivity contribution in [1.82, 2.24) is 4.98 Å². The molecule has 1 aliphatic rings. The summed E-state index contributed by atoms with van der Waals surface area (Å²) < 4.78 is 0. The highest BCUT2D eigenvalue weighted by Crippen LogP contribution is 2.19. The molecule has 1 aromatic heterocycles. The van der Waals surface area contributed by atoms with Crippen LogP contribution in [-0.2, 0) is 6.42 Å². The number of rotatable bonds is 0. The maximum absolute atomic E-state index is 11.4. The molecular weight excluding hydrogens is 186 g/mol. The minimum Gasteiger partial charge on any atom is -0.294 e. The second-order valence-electron chi connectivity index (χ2n) is 3.22. The van der Waals surface area contributed by atoms with Crippen LogP contribution in [0.4, 0.5) is 0 Å². The van der Waals surface area contributed by atoms with Crippen molar-refractivity contribution in [3.05, 3.63) is 29.1 Å². The van der Waals surface area contributed by atoms with E-state index in [1.165, 1.54) is 0 Å². The highest BCUT2D eigenvalue weighted by molar-refractivity contribution is 5.97. The number of hydrogen-bond acceptors (Lipinski definition) is 2. The number of aryl methyl sites for hydroxylation is 2. The average molecular weight is 198 g/mol. The van der Waals surface area contributed by atoms with Gasteiger partial charge in [-0.25, -0.2) is 0 Å². The molecule has 70 valence electrons. The fourth-order valence-corrected chi connectivity index (χ4v) is 1.61. The van der Waals surface area contributed by atoms with Crippen LogP contribution in [0.3, 0.4) is 0 Å². The maximum atomic E-state index is 11.4. The molecule has 2 rings (SSSR count). The summed E-state index contributed by atoms with van der Waals surface area (Å²) in [5, 5.41) is 0. The first-order valence-electron chi connectivity index (χ1n) is 4.27. The van der Waals surface area contributed by atoms with Gasteiger partial charge in [0.05, 0.1) is 5.69 Å². The first-order valence-corrected chi connectivity index (χ1v) is 4.27. The van der Waals surface area contributed by atoms with Gasteiger partial charge in [-0.05, 0) is 31.9 Å². The van der Waals surface area contributed by atoms with E-state index in [1.807, 2.05) is 19.1 Å². The van der Waals surface area contributed by atoms with Crippen LogP contribution in [0.25, 0.3) is 0 Å². The Hall–Kier alpha value is -0.890. The lowest BCUT2D eigenvalue weighted by Gasteiger charge is -2.13. The Morgan fingerprint density at radius 1 is 1.31 bits per heavy atom. The minimum absolute atomic E-state index is 0. The van der Waals surface area contributed by atoms with E-state index in [9.17, 15) is 4.79 Å². The van der Waals surface area contributed by atoms with Gasteiger partial charge < -0.3 is 0 Å². The molecule has 0 saturated heterocycles. The molecule has 0 amide bonds. The van der Waals surface area contributed by atoms with Crippen LogP contribution >= 0.6 is 12.4 Å². The van der Waals surface area contributed by atoms with Gasteiger partial charge in [0.25, 0.3) is 0 Å². The summed E-state index contributed by atoms with van der Waals surface area (Å²) in [5.74, 6) is 0.253. The molecule has 0 unspecified atom stereocenters. The lowest BCUT2D eigenvalue weighted by atomic mass is 9.95. The zero-order valence-corrected chi connectivity index (χ0v) is 8.36. The molecule has 0 N–H and O–H groups in total. The Morgan fingerprint density at radius 3 is 2.85 bits per heavy atom. The van der Waals surface area contributed by atoms with Gasteiger partial charge in [-0.15, -0.1) is 12.4 Å². The van der Waals surface area contributed by atoms with E-state index in [4.69, 9.17) is 0 Å². The number of Topliss-reactive ketones (excluding diaryl/α,β-unsaturated/α-hetero) is 1. The Morgan fingerprint density at radius 2 is 2.08 bits per heavy atom. The summed E-state index contributed by atoms with van der Waals surface area (Å²) in [6, 6.07) is 3.81. The molecule has 0 aromatic carbocycles. The standard InChI is InChI=1S/C10H11NO.ClH/c1-7-5-6-8-9(11-7)3-2-4-10(8)12;/h5-6H,2-4H2,1H3;1H. The smallest absolute Gasteiger partial charge is 0.164 e. The number of ketones is 1. The van der Waals surface area contributed by atoms with Gasteiger partial charge in [0.1, 0.15) is 0 Å². The molecule has 0 aliphatic heterocycles. The van der Waals surface area contributed by atoms with E-state index in [-0.39, 0.29) is 18.2 Å². The third-order valence-electron chi connectivity index (χ3n) is 2.23. The predicted octanol–water partition coefficient (Wildman–Crippen LogP) is 2.33. The first-order chi connectivity index (χ1) is 5.77. The topological polar surface area (TPSA) is 30.0 Å². The van der Waals surface area contributed by atoms with Gasteiger partial charge in [0.2, 0.25) is 0 Å². The summed E-state index contributed by atoms with van der Waals surface area (Å²) in [5.41, 5.74) is 2.83. The first kappa shape index (κ1) is 10.2. The van der Waals surface area contributed by atoms with Crippen LogP contribution in [0.2, 0.25) is 0 Å². The largest absolute Gasteiger partial charge is 0.294 e. The van der Waals surface area contributed by atoms with E-state index in [2.05, 4.69) is 4.98 Å². The summed E-state index contributed by atoms with van der Waals surface area (Å²) >= 11 is 0. The zero-order chi connectivity index (χ0) is 8.55. The van der Waals surface area contributed by atoms with Crippen LogP contribution < -0.4 is 0 Å². The number of fused-ring (bicyclic) bond motifs is 1. The zero-order valence-electron chi connectivity index (χ0n) is 7.54. The highest BCUT2D eigenvalue weighted by atomic mass is 35.5. The summed E-state index contributed by atoms with van der Waals surface area (Å²) in [6.07, 6.45) is 2.61. The number of hydrogen-bond donors (Lipinski definition) is 0. The molecular formula is C10H12ClNO. The van der Waals surface area contributed by atoms with Crippen molar-refractivity contribution in [2.45, 2.75) is 26.2 Å². The summed E-state index contributed by atoms with van der Waals surface area (Å²) in [4.78, 5) is 15.7. The third-order valence-corrected chi connectivity index (χ3v) is 2.23. The maximum Gasteiger partial charge on any atom is 0.164 e. The average Bonchev–Trinajstić information content (AvgIpc) is 2.04. The Kier molecular flexibility index (Phi) is 3.04. The molecule has 0 spiro atoms. The van der Waals surface area contributed by atoms with Crippen molar-refractivity contribution in [2.24, 2.45) is 0 Å². The van der Waals surface area contributed by atoms with Crippen molar-refractivity contribution in [1.29, 1.82) is 0 Å². The number of nitrogens with zero attached hydrogens (tertiary/aromatic N) is 1. The molecule has 0 saturated carbocycles. The van der Waals surface area contributed by atoms with Crippen molar-refractivity contribution in [2.75, 3.05) is 0 Å². The van der Waals surface area contributed by atoms with Gasteiger partial charge in [0.15, 0.2) is 5.78 Å². The molecule has 1 aliphatic carbocycles. The lowest BCUT2D eigenvalue weighted by molar-refractivity contribution is 0.0971. The van der Waals surface area contributed by atoms with Gasteiger partial charge in [-0.2, -0.15) is 0 Å². The number of aromatic nitrogens is 1. The summed E-state index contributed by atoms with van der Waals surface area (Å²) in [7, 11) is 0. The minimum atomic E-state index is 0. The van der Waals surface area contributed by atoms with E-state index in [1.54, 1.807) is 0 Å². The second-order valence-corrected chi connectivity index (χ2v) is 3.22. The molecule has 1 heterocycles. The van der Waals surface area contributed by atoms with E-state index >= 15 is 0 Å². The molecule has 2 nitrogen and oxygen atoms in total. The van der Waals surface area contributed by atoms with Crippen molar-refractivity contribution >= 4 is 18.2 Å². The van der Waals surface area contributed by atoms with Gasteiger partial charge >= 0.3 is 0 Å². The number of carbonyl (C=O) groups excluding carboxylic acids is 1. The number of carbonyl (C=O) groups is 1. The fourth-order valence-electron chi connectivity index (χ4n) is 1.61. The number of pyridine rings is 1. The van der Waals surface area contributed by atoms with Crippen molar-refractivity contribution in [3.63, 3.8) is 0 Å². The summed E-state index contributed by atoms with van der Waals surface area (Å²) in [6.45, 7) is 1.96. The lowest BCUT2D eigenvalue weighted by Crippen LogP contribution is -2.12. The van der Waals surface area contributed by atoms with Crippen LogP contribution in [0.5, 0.6) is 0 Å². The molecule has 3 heteroatoms. The SMILES string of the molecule is Cc1ccc2c(n1)CCCC2=O.Cl. The molecule has 13 heavy (non-hydrogen) atoms. The fraction of sp³-hybridized carbons (Fsp3) is 0.400. The normalized spacial score (nSPS) is 14.7. The highest BCUT2D eigenvalue weighted by Gasteiger charge is 2.17. The Bertz CT molecular complexity index is 336. The molecule has 1 aromatic rings. The van der Waals surface area contributed by atoms with Crippen molar-refractivity contribution in [3.8, 4) is 0 Å². The molecule has 0 fully saturated rings. The monoisotopic (exact) mass is 197 g/mol. The van der Waals surface area contributed by atoms with Gasteiger partial charge in [-0.3, -0.25) is 9.78 Å². The molecule has 0 bridgehead atoms. The van der Waals surface area contributed by atoms with E-state index in [0.717, 1.165) is 29.8 Å². The Labute approximate surface area is 83.8 Å². The van der Waals surface area contributed by atoms with Crippen LogP contribution in [0.1, 0.15) is 34.6 Å². The van der Waals surface area contributed by atoms with Crippen molar-refractivity contribution < 1.29 is 4.79 Å². The van der Waals surface area contributed by atoms with Gasteiger partial charge in [0, 0.05) is 17.7 Å².